The fourth-order valence-corrected chi connectivity index (χ4v) is 4.55. The number of benzene rings is 3. The standard InChI is InChI=1S/C30H35N3O3/c1-3-22-10-12-23(13-11-22)20-31-29(34)25-8-5-7-24(19-25)26-9-6-18-33(21-26)30(35)32-27-14-16-28(17-15-27)36-4-2/h5,7-8,10-17,19,26H,3-4,6,9,18,20-21H2,1-2H3,(H,31,34)(H,32,35). The average molecular weight is 486 g/mol. The minimum absolute atomic E-state index is 0.0858. The summed E-state index contributed by atoms with van der Waals surface area (Å²) in [4.78, 5) is 27.6. The minimum Gasteiger partial charge on any atom is -0.494 e. The highest BCUT2D eigenvalue weighted by Crippen LogP contribution is 2.28. The van der Waals surface area contributed by atoms with Gasteiger partial charge in [0, 0.05) is 36.8 Å². The summed E-state index contributed by atoms with van der Waals surface area (Å²) >= 11 is 0. The minimum atomic E-state index is -0.105. The van der Waals surface area contributed by atoms with Gasteiger partial charge in [-0.3, -0.25) is 4.79 Å². The van der Waals surface area contributed by atoms with Gasteiger partial charge >= 0.3 is 6.03 Å². The second kappa shape index (κ2) is 12.2. The summed E-state index contributed by atoms with van der Waals surface area (Å²) in [5.41, 5.74) is 4.85. The van der Waals surface area contributed by atoms with E-state index in [-0.39, 0.29) is 17.9 Å². The molecule has 0 saturated carbocycles. The quantitative estimate of drug-likeness (QED) is 0.412. The molecule has 1 heterocycles. The van der Waals surface area contributed by atoms with Crippen LogP contribution in [-0.2, 0) is 13.0 Å². The fourth-order valence-electron chi connectivity index (χ4n) is 4.55. The van der Waals surface area contributed by atoms with E-state index in [1.807, 2.05) is 54.3 Å². The summed E-state index contributed by atoms with van der Waals surface area (Å²) in [7, 11) is 0. The third-order valence-corrected chi connectivity index (χ3v) is 6.63. The number of rotatable bonds is 8. The summed E-state index contributed by atoms with van der Waals surface area (Å²) in [6, 6.07) is 23.4. The van der Waals surface area contributed by atoms with Gasteiger partial charge in [0.05, 0.1) is 6.61 Å². The van der Waals surface area contributed by atoms with Crippen LogP contribution in [0, 0.1) is 0 Å². The van der Waals surface area contributed by atoms with Crippen molar-refractivity contribution in [2.24, 2.45) is 0 Å². The molecule has 0 spiro atoms. The summed E-state index contributed by atoms with van der Waals surface area (Å²) < 4.78 is 5.47. The first-order chi connectivity index (χ1) is 17.6. The molecule has 1 fully saturated rings. The van der Waals surface area contributed by atoms with Gasteiger partial charge in [-0.2, -0.15) is 0 Å². The maximum atomic E-state index is 12.9. The Morgan fingerprint density at radius 1 is 0.972 bits per heavy atom. The number of ether oxygens (including phenoxy) is 1. The van der Waals surface area contributed by atoms with Crippen LogP contribution in [0.3, 0.4) is 0 Å². The number of hydrogen-bond acceptors (Lipinski definition) is 3. The Hall–Kier alpha value is -3.80. The highest BCUT2D eigenvalue weighted by atomic mass is 16.5. The number of nitrogens with zero attached hydrogens (tertiary/aromatic N) is 1. The molecule has 3 amide bonds. The Bertz CT molecular complexity index is 1160. The van der Waals surface area contributed by atoms with Crippen LogP contribution < -0.4 is 15.4 Å². The molecular weight excluding hydrogens is 450 g/mol. The first-order valence-electron chi connectivity index (χ1n) is 12.8. The number of carbonyl (C=O) groups is 2. The second-order valence-electron chi connectivity index (χ2n) is 9.15. The van der Waals surface area contributed by atoms with E-state index in [4.69, 9.17) is 4.74 Å². The molecule has 1 unspecified atom stereocenters. The van der Waals surface area contributed by atoms with Crippen molar-refractivity contribution in [2.75, 3.05) is 25.0 Å². The summed E-state index contributed by atoms with van der Waals surface area (Å²) in [5.74, 6) is 0.892. The van der Waals surface area contributed by atoms with E-state index in [1.165, 1.54) is 5.56 Å². The Balaban J connectivity index is 1.34. The summed E-state index contributed by atoms with van der Waals surface area (Å²) in [5, 5.41) is 6.02. The lowest BCUT2D eigenvalue weighted by atomic mass is 9.89. The van der Waals surface area contributed by atoms with Gasteiger partial charge < -0.3 is 20.3 Å². The first kappa shape index (κ1) is 25.3. The van der Waals surface area contributed by atoms with Crippen molar-refractivity contribution >= 4 is 17.6 Å². The van der Waals surface area contributed by atoms with E-state index in [1.54, 1.807) is 0 Å². The molecule has 36 heavy (non-hydrogen) atoms. The van der Waals surface area contributed by atoms with E-state index < -0.39 is 0 Å². The zero-order chi connectivity index (χ0) is 25.3. The number of urea groups is 1. The largest absolute Gasteiger partial charge is 0.494 e. The molecule has 3 aromatic rings. The Labute approximate surface area is 213 Å². The van der Waals surface area contributed by atoms with Crippen molar-refractivity contribution in [2.45, 2.75) is 45.6 Å². The molecule has 1 aliphatic rings. The van der Waals surface area contributed by atoms with Crippen molar-refractivity contribution in [1.29, 1.82) is 0 Å². The molecule has 0 aliphatic carbocycles. The zero-order valence-electron chi connectivity index (χ0n) is 21.1. The molecule has 0 bridgehead atoms. The lowest BCUT2D eigenvalue weighted by Gasteiger charge is -2.33. The maximum absolute atomic E-state index is 12.9. The number of anilines is 1. The van der Waals surface area contributed by atoms with Gasteiger partial charge in [-0.1, -0.05) is 43.3 Å². The lowest BCUT2D eigenvalue weighted by molar-refractivity contribution is 0.0950. The van der Waals surface area contributed by atoms with Gasteiger partial charge in [0.1, 0.15) is 5.75 Å². The molecule has 4 rings (SSSR count). The Kier molecular flexibility index (Phi) is 8.61. The number of nitrogens with one attached hydrogen (secondary N) is 2. The molecule has 0 aromatic heterocycles. The Morgan fingerprint density at radius 3 is 2.44 bits per heavy atom. The molecule has 3 aromatic carbocycles. The molecule has 188 valence electrons. The molecule has 1 aliphatic heterocycles. The number of piperidine rings is 1. The van der Waals surface area contributed by atoms with Gasteiger partial charge in [-0.05, 0) is 79.3 Å². The average Bonchev–Trinajstić information content (AvgIpc) is 2.93. The summed E-state index contributed by atoms with van der Waals surface area (Å²) in [6.07, 6.45) is 2.91. The van der Waals surface area contributed by atoms with Crippen LogP contribution >= 0.6 is 0 Å². The van der Waals surface area contributed by atoms with Gasteiger partial charge in [-0.25, -0.2) is 4.79 Å². The Morgan fingerprint density at radius 2 is 1.72 bits per heavy atom. The van der Waals surface area contributed by atoms with Gasteiger partial charge in [0.25, 0.3) is 5.91 Å². The SMILES string of the molecule is CCOc1ccc(NC(=O)N2CCCC(c3cccc(C(=O)NCc4ccc(CC)cc4)c3)C2)cc1. The van der Waals surface area contributed by atoms with Crippen LogP contribution in [0.4, 0.5) is 10.5 Å². The van der Waals surface area contributed by atoms with Crippen LogP contribution in [0.5, 0.6) is 5.75 Å². The first-order valence-corrected chi connectivity index (χ1v) is 12.8. The summed E-state index contributed by atoms with van der Waals surface area (Å²) in [6.45, 7) is 6.52. The highest BCUT2D eigenvalue weighted by molar-refractivity contribution is 5.94. The van der Waals surface area contributed by atoms with Gasteiger partial charge in [-0.15, -0.1) is 0 Å². The van der Waals surface area contributed by atoms with Gasteiger partial charge in [0.15, 0.2) is 0 Å². The molecule has 1 atom stereocenters. The number of aryl methyl sites for hydroxylation is 1. The van der Waals surface area contributed by atoms with Gasteiger partial charge in [0.2, 0.25) is 0 Å². The van der Waals surface area contributed by atoms with Crippen LogP contribution in [0.1, 0.15) is 59.7 Å². The van der Waals surface area contributed by atoms with Crippen molar-refractivity contribution in [3.8, 4) is 5.75 Å². The van der Waals surface area contributed by atoms with Crippen molar-refractivity contribution in [1.82, 2.24) is 10.2 Å². The van der Waals surface area contributed by atoms with E-state index in [2.05, 4.69) is 47.9 Å². The van der Waals surface area contributed by atoms with Crippen LogP contribution in [0.15, 0.2) is 72.8 Å². The fraction of sp³-hybridized carbons (Fsp3) is 0.333. The second-order valence-corrected chi connectivity index (χ2v) is 9.15. The monoisotopic (exact) mass is 485 g/mol. The third kappa shape index (κ3) is 6.66. The lowest BCUT2D eigenvalue weighted by Crippen LogP contribution is -2.41. The van der Waals surface area contributed by atoms with Crippen LogP contribution in [-0.4, -0.2) is 36.5 Å². The molecule has 6 nitrogen and oxygen atoms in total. The van der Waals surface area contributed by atoms with Crippen molar-refractivity contribution < 1.29 is 14.3 Å². The number of amides is 3. The van der Waals surface area contributed by atoms with Crippen LogP contribution in [0.2, 0.25) is 0 Å². The molecule has 1 saturated heterocycles. The number of hydrogen-bond donors (Lipinski definition) is 2. The highest BCUT2D eigenvalue weighted by Gasteiger charge is 2.25. The third-order valence-electron chi connectivity index (χ3n) is 6.63. The molecule has 6 heteroatoms. The predicted octanol–water partition coefficient (Wildman–Crippen LogP) is 5.99. The van der Waals surface area contributed by atoms with Crippen LogP contribution in [0.25, 0.3) is 0 Å². The smallest absolute Gasteiger partial charge is 0.321 e. The van der Waals surface area contributed by atoms with Crippen molar-refractivity contribution in [3.05, 3.63) is 95.1 Å². The van der Waals surface area contributed by atoms with E-state index in [0.717, 1.165) is 48.4 Å². The molecule has 2 N–H and O–H groups in total. The molecular formula is C30H35N3O3. The van der Waals surface area contributed by atoms with E-state index in [9.17, 15) is 9.59 Å². The maximum Gasteiger partial charge on any atom is 0.321 e. The molecule has 0 radical (unpaired) electrons. The number of likely N-dealkylation sites (tertiary alicyclic amines) is 1. The van der Waals surface area contributed by atoms with E-state index in [0.29, 0.717) is 25.3 Å². The normalized spacial score (nSPS) is 15.3. The topological polar surface area (TPSA) is 70.7 Å². The van der Waals surface area contributed by atoms with E-state index >= 15 is 0 Å². The zero-order valence-corrected chi connectivity index (χ0v) is 21.1. The predicted molar refractivity (Wildman–Crippen MR) is 144 cm³/mol. The van der Waals surface area contributed by atoms with Crippen molar-refractivity contribution in [3.63, 3.8) is 0 Å². The number of carbonyl (C=O) groups excluding carboxylic acids is 2.